The van der Waals surface area contributed by atoms with Gasteiger partial charge in [-0.05, 0) is 68.3 Å². The zero-order chi connectivity index (χ0) is 22.3. The highest BCUT2D eigenvalue weighted by Crippen LogP contribution is 2.19. The molecule has 2 N–H and O–H groups in total. The summed E-state index contributed by atoms with van der Waals surface area (Å²) in [5.41, 5.74) is 2.35. The Morgan fingerprint density at radius 1 is 1.00 bits per heavy atom. The first kappa shape index (κ1) is 23.4. The Morgan fingerprint density at radius 2 is 1.67 bits per heavy atom. The number of sulfonamides is 1. The zero-order valence-electron chi connectivity index (χ0n) is 17.6. The molecule has 2 aromatic rings. The fourth-order valence-electron chi connectivity index (χ4n) is 2.57. The lowest BCUT2D eigenvalue weighted by molar-refractivity contribution is -0.123. The summed E-state index contributed by atoms with van der Waals surface area (Å²) >= 11 is 0. The van der Waals surface area contributed by atoms with Crippen LogP contribution in [0.4, 0.5) is 5.69 Å². The fraction of sp³-hybridized carbons (Fsp3) is 0.333. The van der Waals surface area contributed by atoms with Gasteiger partial charge < -0.3 is 15.4 Å². The first-order valence-electron chi connectivity index (χ1n) is 9.46. The van der Waals surface area contributed by atoms with E-state index in [1.165, 1.54) is 13.1 Å². The molecule has 9 heteroatoms. The molecule has 0 atom stereocenters. The van der Waals surface area contributed by atoms with Crippen LogP contribution in [0.2, 0.25) is 0 Å². The van der Waals surface area contributed by atoms with Gasteiger partial charge in [0.1, 0.15) is 5.75 Å². The van der Waals surface area contributed by atoms with E-state index >= 15 is 0 Å². The maximum absolute atomic E-state index is 12.7. The molecule has 0 saturated heterocycles. The molecule has 0 spiro atoms. The third kappa shape index (κ3) is 6.30. The molecule has 8 nitrogen and oxygen atoms in total. The molecule has 0 aliphatic rings. The number of likely N-dealkylation sites (N-methyl/N-ethyl adjacent to an activating group) is 2. The Kier molecular flexibility index (Phi) is 7.96. The quantitative estimate of drug-likeness (QED) is 0.630. The van der Waals surface area contributed by atoms with E-state index in [0.29, 0.717) is 18.0 Å². The molecule has 2 rings (SSSR count). The Morgan fingerprint density at radius 3 is 2.27 bits per heavy atom. The third-order valence-corrected chi connectivity index (χ3v) is 6.23. The smallest absolute Gasteiger partial charge is 0.257 e. The molecule has 0 heterocycles. The second kappa shape index (κ2) is 10.2. The molecule has 30 heavy (non-hydrogen) atoms. The summed E-state index contributed by atoms with van der Waals surface area (Å²) in [6.45, 7) is 5.66. The molecular weight excluding hydrogens is 406 g/mol. The van der Waals surface area contributed by atoms with Crippen molar-refractivity contribution in [3.63, 3.8) is 0 Å². The van der Waals surface area contributed by atoms with Gasteiger partial charge in [0.25, 0.3) is 5.91 Å². The molecule has 0 aliphatic heterocycles. The largest absolute Gasteiger partial charge is 0.484 e. The molecule has 0 aliphatic carbocycles. The normalized spacial score (nSPS) is 11.2. The molecule has 2 aromatic carbocycles. The lowest BCUT2D eigenvalue weighted by atomic mass is 10.1. The Labute approximate surface area is 177 Å². The topological polar surface area (TPSA) is 105 Å². The van der Waals surface area contributed by atoms with Crippen molar-refractivity contribution in [1.29, 1.82) is 0 Å². The summed E-state index contributed by atoms with van der Waals surface area (Å²) in [5, 5.41) is 5.28. The lowest BCUT2D eigenvalue weighted by Gasteiger charge is -2.17. The van der Waals surface area contributed by atoms with Gasteiger partial charge in [0.05, 0.1) is 11.4 Å². The van der Waals surface area contributed by atoms with Crippen LogP contribution >= 0.6 is 0 Å². The number of aryl methyl sites for hydroxylation is 2. The summed E-state index contributed by atoms with van der Waals surface area (Å²) in [6.07, 6.45) is 0. The van der Waals surface area contributed by atoms with Gasteiger partial charge in [-0.3, -0.25) is 9.59 Å². The average Bonchev–Trinajstić information content (AvgIpc) is 2.69. The minimum absolute atomic E-state index is 0.0965. The van der Waals surface area contributed by atoms with Gasteiger partial charge in [0, 0.05) is 19.3 Å². The van der Waals surface area contributed by atoms with Crippen molar-refractivity contribution < 1.29 is 22.7 Å². The summed E-state index contributed by atoms with van der Waals surface area (Å²) in [5.74, 6) is -0.211. The monoisotopic (exact) mass is 433 g/mol. The SMILES string of the molecule is CCNC(=O)COc1ccc(NC(=O)CN(C)S(=O)(=O)c2ccc(C)c(C)c2)cc1. The van der Waals surface area contributed by atoms with E-state index in [0.717, 1.165) is 15.4 Å². The van der Waals surface area contributed by atoms with Gasteiger partial charge in [-0.15, -0.1) is 0 Å². The predicted octanol–water partition coefficient (Wildman–Crippen LogP) is 2.08. The van der Waals surface area contributed by atoms with Gasteiger partial charge in [-0.1, -0.05) is 6.07 Å². The van der Waals surface area contributed by atoms with Crippen molar-refractivity contribution in [2.45, 2.75) is 25.7 Å². The number of nitrogens with zero attached hydrogens (tertiary/aromatic N) is 1. The van der Waals surface area contributed by atoms with Crippen LogP contribution in [0.1, 0.15) is 18.1 Å². The van der Waals surface area contributed by atoms with E-state index in [9.17, 15) is 18.0 Å². The number of hydrogen-bond donors (Lipinski definition) is 2. The second-order valence-electron chi connectivity index (χ2n) is 6.82. The number of benzene rings is 2. The standard InChI is InChI=1S/C21H27N3O5S/c1-5-22-21(26)14-29-18-9-7-17(8-10-18)23-20(25)13-24(4)30(27,28)19-11-6-15(2)16(3)12-19/h6-12H,5,13-14H2,1-4H3,(H,22,26)(H,23,25). The first-order valence-corrected chi connectivity index (χ1v) is 10.9. The predicted molar refractivity (Wildman–Crippen MR) is 115 cm³/mol. The van der Waals surface area contributed by atoms with E-state index < -0.39 is 15.9 Å². The maximum atomic E-state index is 12.7. The number of anilines is 1. The highest BCUT2D eigenvalue weighted by atomic mass is 32.2. The van der Waals surface area contributed by atoms with Crippen LogP contribution in [-0.2, 0) is 19.6 Å². The average molecular weight is 434 g/mol. The highest BCUT2D eigenvalue weighted by molar-refractivity contribution is 7.89. The van der Waals surface area contributed by atoms with Gasteiger partial charge in [0.2, 0.25) is 15.9 Å². The number of ether oxygens (including phenoxy) is 1. The molecular formula is C21H27N3O5S. The van der Waals surface area contributed by atoms with E-state index in [-0.39, 0.29) is 24.0 Å². The van der Waals surface area contributed by atoms with Crippen LogP contribution in [-0.4, -0.2) is 51.3 Å². The summed E-state index contributed by atoms with van der Waals surface area (Å²) in [6, 6.07) is 11.3. The molecule has 0 bridgehead atoms. The van der Waals surface area contributed by atoms with Crippen molar-refractivity contribution in [2.24, 2.45) is 0 Å². The van der Waals surface area contributed by atoms with Crippen molar-refractivity contribution >= 4 is 27.5 Å². The first-order chi connectivity index (χ1) is 14.1. The van der Waals surface area contributed by atoms with Crippen LogP contribution in [0.5, 0.6) is 5.75 Å². The summed E-state index contributed by atoms with van der Waals surface area (Å²) < 4.78 is 31.8. The number of hydrogen-bond acceptors (Lipinski definition) is 5. The van der Waals surface area contributed by atoms with Crippen molar-refractivity contribution in [3.8, 4) is 5.75 Å². The van der Waals surface area contributed by atoms with Crippen LogP contribution in [0, 0.1) is 13.8 Å². The molecule has 162 valence electrons. The van der Waals surface area contributed by atoms with E-state index in [1.54, 1.807) is 36.4 Å². The Balaban J connectivity index is 1.94. The maximum Gasteiger partial charge on any atom is 0.257 e. The molecule has 2 amide bonds. The van der Waals surface area contributed by atoms with Crippen molar-refractivity contribution in [1.82, 2.24) is 9.62 Å². The van der Waals surface area contributed by atoms with Gasteiger partial charge >= 0.3 is 0 Å². The molecule has 0 aromatic heterocycles. The minimum Gasteiger partial charge on any atom is -0.484 e. The third-order valence-electron chi connectivity index (χ3n) is 4.43. The number of nitrogens with one attached hydrogen (secondary N) is 2. The molecule has 0 fully saturated rings. The lowest BCUT2D eigenvalue weighted by Crippen LogP contribution is -2.35. The minimum atomic E-state index is -3.78. The van der Waals surface area contributed by atoms with Crippen LogP contribution in [0.3, 0.4) is 0 Å². The number of carbonyl (C=O) groups excluding carboxylic acids is 2. The Bertz CT molecular complexity index is 1000. The van der Waals surface area contributed by atoms with Crippen molar-refractivity contribution in [3.05, 3.63) is 53.6 Å². The van der Waals surface area contributed by atoms with Gasteiger partial charge in [0.15, 0.2) is 6.61 Å². The number of carbonyl (C=O) groups is 2. The molecule has 0 radical (unpaired) electrons. The van der Waals surface area contributed by atoms with E-state index in [1.807, 2.05) is 20.8 Å². The van der Waals surface area contributed by atoms with Gasteiger partial charge in [-0.25, -0.2) is 8.42 Å². The molecule has 0 unspecified atom stereocenters. The fourth-order valence-corrected chi connectivity index (χ4v) is 3.79. The summed E-state index contributed by atoms with van der Waals surface area (Å²) in [7, 11) is -2.41. The van der Waals surface area contributed by atoms with E-state index in [4.69, 9.17) is 4.74 Å². The second-order valence-corrected chi connectivity index (χ2v) is 8.87. The van der Waals surface area contributed by atoms with Gasteiger partial charge in [-0.2, -0.15) is 4.31 Å². The zero-order valence-corrected chi connectivity index (χ0v) is 18.4. The Hall–Kier alpha value is -2.91. The summed E-state index contributed by atoms with van der Waals surface area (Å²) in [4.78, 5) is 23.8. The van der Waals surface area contributed by atoms with E-state index in [2.05, 4.69) is 10.6 Å². The molecule has 0 saturated carbocycles. The number of amides is 2. The van der Waals surface area contributed by atoms with Crippen LogP contribution in [0.25, 0.3) is 0 Å². The van der Waals surface area contributed by atoms with Crippen LogP contribution < -0.4 is 15.4 Å². The highest BCUT2D eigenvalue weighted by Gasteiger charge is 2.23. The van der Waals surface area contributed by atoms with Crippen LogP contribution in [0.15, 0.2) is 47.4 Å². The van der Waals surface area contributed by atoms with Crippen molar-refractivity contribution in [2.75, 3.05) is 32.1 Å². The number of rotatable bonds is 9.